The Kier molecular flexibility index (Phi) is 7.48. The quantitative estimate of drug-likeness (QED) is 0.412. The molecule has 1 aromatic rings. The number of nitrogens with zero attached hydrogens (tertiary/aromatic N) is 4. The lowest BCUT2D eigenvalue weighted by Gasteiger charge is -2.36. The summed E-state index contributed by atoms with van der Waals surface area (Å²) in [5.41, 5.74) is -0.388. The zero-order chi connectivity index (χ0) is 22.5. The molecule has 30 heavy (non-hydrogen) atoms. The van der Waals surface area contributed by atoms with Crippen molar-refractivity contribution in [1.29, 1.82) is 0 Å². The van der Waals surface area contributed by atoms with Crippen LogP contribution in [0.3, 0.4) is 0 Å². The fourth-order valence-electron chi connectivity index (χ4n) is 3.06. The third-order valence-corrected chi connectivity index (χ3v) is 4.38. The predicted molar refractivity (Wildman–Crippen MR) is 112 cm³/mol. The lowest BCUT2D eigenvalue weighted by atomic mass is 10.2. The second kappa shape index (κ2) is 9.65. The van der Waals surface area contributed by atoms with Gasteiger partial charge in [-0.2, -0.15) is 0 Å². The van der Waals surface area contributed by atoms with Crippen LogP contribution in [0.1, 0.15) is 62.5 Å². The maximum absolute atomic E-state index is 12.6. The molecule has 0 saturated carbocycles. The highest BCUT2D eigenvalue weighted by Gasteiger charge is 2.32. The van der Waals surface area contributed by atoms with Crippen LogP contribution >= 0.6 is 0 Å². The van der Waals surface area contributed by atoms with Crippen molar-refractivity contribution in [3.05, 3.63) is 11.4 Å². The number of amides is 1. The highest BCUT2D eigenvalue weighted by molar-refractivity contribution is 6.03. The van der Waals surface area contributed by atoms with Gasteiger partial charge in [0.1, 0.15) is 11.3 Å². The standard InChI is InChI=1S/C21H30N4O5/c1-7-9-10-25-17(18(27)29-8-2)16(15(3)26)22-19(25)23-11-13-24(14-12-23)20(28)30-21(4,5)6/h8,10-14H2,1-6H3. The van der Waals surface area contributed by atoms with Crippen LogP contribution in [0.25, 0.3) is 0 Å². The molecular formula is C21H30N4O5. The molecule has 1 aliphatic rings. The van der Waals surface area contributed by atoms with Crippen molar-refractivity contribution in [2.24, 2.45) is 0 Å². The van der Waals surface area contributed by atoms with Crippen LogP contribution in [0.5, 0.6) is 0 Å². The van der Waals surface area contributed by atoms with E-state index in [0.717, 1.165) is 0 Å². The van der Waals surface area contributed by atoms with Gasteiger partial charge >= 0.3 is 12.1 Å². The van der Waals surface area contributed by atoms with Crippen LogP contribution < -0.4 is 4.90 Å². The van der Waals surface area contributed by atoms with Crippen molar-refractivity contribution in [1.82, 2.24) is 14.5 Å². The number of ketones is 1. The van der Waals surface area contributed by atoms with Crippen LogP contribution in [-0.2, 0) is 16.0 Å². The maximum Gasteiger partial charge on any atom is 0.410 e. The summed E-state index contributed by atoms with van der Waals surface area (Å²) >= 11 is 0. The minimum Gasteiger partial charge on any atom is -0.461 e. The highest BCUT2D eigenvalue weighted by atomic mass is 16.6. The summed E-state index contributed by atoms with van der Waals surface area (Å²) in [7, 11) is 0. The summed E-state index contributed by atoms with van der Waals surface area (Å²) < 4.78 is 12.2. The van der Waals surface area contributed by atoms with Crippen LogP contribution in [0.2, 0.25) is 0 Å². The number of Topliss-reactive ketones (excluding diaryl/α,β-unsaturated/α-hetero) is 1. The molecule has 0 aromatic carbocycles. The number of carbonyl (C=O) groups is 3. The first-order valence-corrected chi connectivity index (χ1v) is 10.00. The maximum atomic E-state index is 12.6. The second-order valence-corrected chi connectivity index (χ2v) is 7.85. The van der Waals surface area contributed by atoms with Crippen LogP contribution in [0.4, 0.5) is 10.7 Å². The Bertz CT molecular complexity index is 864. The van der Waals surface area contributed by atoms with E-state index in [2.05, 4.69) is 16.8 Å². The Labute approximate surface area is 177 Å². The van der Waals surface area contributed by atoms with Gasteiger partial charge in [-0.15, -0.1) is 5.92 Å². The SMILES string of the molecule is CC#CCn1c(N2CCN(C(=O)OC(C)(C)C)CC2)nc(C(C)=O)c1C(=O)OCC. The number of hydrogen-bond donors (Lipinski definition) is 0. The van der Waals surface area contributed by atoms with E-state index in [4.69, 9.17) is 9.47 Å². The molecule has 0 spiro atoms. The lowest BCUT2D eigenvalue weighted by Crippen LogP contribution is -2.50. The van der Waals surface area contributed by atoms with Gasteiger partial charge in [0.15, 0.2) is 11.5 Å². The number of aromatic nitrogens is 2. The molecule has 2 rings (SSSR count). The number of carbonyl (C=O) groups excluding carboxylic acids is 3. The third kappa shape index (κ3) is 5.53. The van der Waals surface area contributed by atoms with E-state index in [-0.39, 0.29) is 36.4 Å². The lowest BCUT2D eigenvalue weighted by molar-refractivity contribution is 0.0239. The summed E-state index contributed by atoms with van der Waals surface area (Å²) in [6, 6.07) is 0. The van der Waals surface area contributed by atoms with E-state index in [1.54, 1.807) is 23.3 Å². The predicted octanol–water partition coefficient (Wildman–Crippen LogP) is 2.34. The van der Waals surface area contributed by atoms with Crippen molar-refractivity contribution in [2.45, 2.75) is 53.7 Å². The molecule has 0 N–H and O–H groups in total. The van der Waals surface area contributed by atoms with Gasteiger partial charge in [0.2, 0.25) is 5.95 Å². The summed E-state index contributed by atoms with van der Waals surface area (Å²) in [6.45, 7) is 12.5. The first-order valence-electron chi connectivity index (χ1n) is 10.00. The molecule has 0 bridgehead atoms. The molecule has 1 fully saturated rings. The normalized spacial score (nSPS) is 14.1. The second-order valence-electron chi connectivity index (χ2n) is 7.85. The van der Waals surface area contributed by atoms with Gasteiger partial charge in [-0.3, -0.25) is 9.36 Å². The van der Waals surface area contributed by atoms with E-state index >= 15 is 0 Å². The van der Waals surface area contributed by atoms with Crippen molar-refractivity contribution < 1.29 is 23.9 Å². The van der Waals surface area contributed by atoms with Gasteiger partial charge in [0, 0.05) is 33.1 Å². The van der Waals surface area contributed by atoms with Gasteiger partial charge in [-0.05, 0) is 34.6 Å². The van der Waals surface area contributed by atoms with Crippen LogP contribution in [0, 0.1) is 11.8 Å². The summed E-state index contributed by atoms with van der Waals surface area (Å²) in [4.78, 5) is 45.1. The van der Waals surface area contributed by atoms with Gasteiger partial charge in [-0.1, -0.05) is 5.92 Å². The molecule has 2 heterocycles. The van der Waals surface area contributed by atoms with Crippen LogP contribution in [0.15, 0.2) is 0 Å². The Hall–Kier alpha value is -3.02. The molecular weight excluding hydrogens is 388 g/mol. The van der Waals surface area contributed by atoms with E-state index < -0.39 is 11.6 Å². The van der Waals surface area contributed by atoms with E-state index in [9.17, 15) is 14.4 Å². The molecule has 164 valence electrons. The minimum atomic E-state index is -0.605. The van der Waals surface area contributed by atoms with Gasteiger partial charge in [0.05, 0.1) is 13.2 Å². The topological polar surface area (TPSA) is 94.0 Å². The molecule has 9 heteroatoms. The van der Waals surface area contributed by atoms with E-state index in [1.807, 2.05) is 25.7 Å². The van der Waals surface area contributed by atoms with E-state index in [1.165, 1.54) is 6.92 Å². The fraction of sp³-hybridized carbons (Fsp3) is 0.619. The summed E-state index contributed by atoms with van der Waals surface area (Å²) in [6.07, 6.45) is -0.362. The Morgan fingerprint density at radius 1 is 1.13 bits per heavy atom. The first-order chi connectivity index (χ1) is 14.1. The number of esters is 1. The zero-order valence-electron chi connectivity index (χ0n) is 18.6. The molecule has 9 nitrogen and oxygen atoms in total. The highest BCUT2D eigenvalue weighted by Crippen LogP contribution is 2.23. The van der Waals surface area contributed by atoms with Crippen molar-refractivity contribution in [3.8, 4) is 11.8 Å². The molecule has 0 radical (unpaired) electrons. The number of anilines is 1. The number of ether oxygens (including phenoxy) is 2. The molecule has 1 saturated heterocycles. The summed E-state index contributed by atoms with van der Waals surface area (Å²) in [5.74, 6) is 5.27. The molecule has 0 unspecified atom stereocenters. The number of piperazine rings is 1. The largest absolute Gasteiger partial charge is 0.461 e. The monoisotopic (exact) mass is 418 g/mol. The molecule has 1 amide bonds. The Balaban J connectivity index is 2.31. The van der Waals surface area contributed by atoms with Crippen molar-refractivity contribution in [3.63, 3.8) is 0 Å². The van der Waals surface area contributed by atoms with Crippen molar-refractivity contribution in [2.75, 3.05) is 37.7 Å². The molecule has 1 aromatic heterocycles. The Morgan fingerprint density at radius 2 is 1.77 bits per heavy atom. The Morgan fingerprint density at radius 3 is 2.27 bits per heavy atom. The fourth-order valence-corrected chi connectivity index (χ4v) is 3.06. The van der Waals surface area contributed by atoms with Gasteiger partial charge in [0.25, 0.3) is 0 Å². The average Bonchev–Trinajstić information content (AvgIpc) is 3.05. The molecule has 1 aliphatic heterocycles. The number of rotatable bonds is 5. The summed E-state index contributed by atoms with van der Waals surface area (Å²) in [5, 5.41) is 0. The smallest absolute Gasteiger partial charge is 0.410 e. The molecule has 0 atom stereocenters. The minimum absolute atomic E-state index is 0.0657. The van der Waals surface area contributed by atoms with E-state index in [0.29, 0.717) is 32.1 Å². The number of imidazole rings is 1. The third-order valence-electron chi connectivity index (χ3n) is 4.38. The zero-order valence-corrected chi connectivity index (χ0v) is 18.6. The van der Waals surface area contributed by atoms with Crippen molar-refractivity contribution >= 4 is 23.8 Å². The van der Waals surface area contributed by atoms with Crippen LogP contribution in [-0.4, -0.2) is 70.7 Å². The van der Waals surface area contributed by atoms with Gasteiger partial charge < -0.3 is 19.3 Å². The van der Waals surface area contributed by atoms with Gasteiger partial charge in [-0.25, -0.2) is 14.6 Å². The average molecular weight is 418 g/mol. The number of hydrogen-bond acceptors (Lipinski definition) is 7. The first kappa shape index (κ1) is 23.3. The molecule has 0 aliphatic carbocycles.